The molecule has 1 aromatic rings. The maximum Gasteiger partial charge on any atom is 0.289 e. The normalized spacial score (nSPS) is 13.1. The van der Waals surface area contributed by atoms with Crippen molar-refractivity contribution in [1.82, 2.24) is 0 Å². The molecule has 1 rings (SSSR count). The second kappa shape index (κ2) is 5.52. The zero-order chi connectivity index (χ0) is 11.6. The first-order valence-corrected chi connectivity index (χ1v) is 4.39. The highest BCUT2D eigenvalue weighted by atomic mass is 35.5. The summed E-state index contributed by atoms with van der Waals surface area (Å²) in [6, 6.07) is 2.00. The third-order valence-corrected chi connectivity index (χ3v) is 2.16. The average molecular weight is 256 g/mol. The molecule has 0 heterocycles. The lowest BCUT2D eigenvalue weighted by Crippen LogP contribution is -2.36. The molecule has 6 heteroatoms. The molecular weight excluding hydrogens is 243 g/mol. The Morgan fingerprint density at radius 1 is 1.44 bits per heavy atom. The van der Waals surface area contributed by atoms with E-state index in [2.05, 4.69) is 0 Å². The van der Waals surface area contributed by atoms with Gasteiger partial charge >= 0.3 is 0 Å². The van der Waals surface area contributed by atoms with Gasteiger partial charge < -0.3 is 10.8 Å². The van der Waals surface area contributed by atoms with Crippen LogP contribution in [0.4, 0.5) is 13.2 Å². The molecule has 0 unspecified atom stereocenters. The largest absolute Gasteiger partial charge is 0.390 e. The molecule has 0 aliphatic heterocycles. The van der Waals surface area contributed by atoms with Crippen molar-refractivity contribution in [3.8, 4) is 0 Å². The van der Waals surface area contributed by atoms with Gasteiger partial charge in [-0.15, -0.1) is 12.4 Å². The van der Waals surface area contributed by atoms with Crippen LogP contribution < -0.4 is 5.73 Å². The van der Waals surface area contributed by atoms with Crippen LogP contribution in [0.1, 0.15) is 17.2 Å². The van der Waals surface area contributed by atoms with Crippen molar-refractivity contribution in [3.05, 3.63) is 35.1 Å². The van der Waals surface area contributed by atoms with Gasteiger partial charge in [0.25, 0.3) is 5.92 Å². The number of hydrogen-bond acceptors (Lipinski definition) is 2. The first-order valence-electron chi connectivity index (χ1n) is 4.39. The minimum atomic E-state index is -3.52. The lowest BCUT2D eigenvalue weighted by molar-refractivity contribution is -0.0718. The number of aliphatic hydroxyl groups excluding tert-OH is 1. The van der Waals surface area contributed by atoms with Gasteiger partial charge in [0.2, 0.25) is 0 Å². The smallest absolute Gasteiger partial charge is 0.289 e. The molecule has 0 aromatic heterocycles. The Balaban J connectivity index is 0.00000225. The summed E-state index contributed by atoms with van der Waals surface area (Å²) in [6.45, 7) is 0.240. The maximum absolute atomic E-state index is 13.3. The van der Waals surface area contributed by atoms with Crippen LogP contribution in [0.2, 0.25) is 0 Å². The monoisotopic (exact) mass is 255 g/mol. The van der Waals surface area contributed by atoms with Crippen LogP contribution >= 0.6 is 12.4 Å². The van der Waals surface area contributed by atoms with Gasteiger partial charge in [-0.1, -0.05) is 12.1 Å². The average Bonchev–Trinajstić information content (AvgIpc) is 2.17. The van der Waals surface area contributed by atoms with Gasteiger partial charge in [0.15, 0.2) is 0 Å². The van der Waals surface area contributed by atoms with E-state index in [0.29, 0.717) is 5.56 Å². The molecule has 16 heavy (non-hydrogen) atoms. The molecule has 0 bridgehead atoms. The van der Waals surface area contributed by atoms with Gasteiger partial charge in [-0.2, -0.15) is 0 Å². The molecule has 0 aliphatic rings. The zero-order valence-electron chi connectivity index (χ0n) is 8.58. The number of benzene rings is 1. The van der Waals surface area contributed by atoms with Crippen LogP contribution in [-0.4, -0.2) is 17.6 Å². The molecule has 0 saturated carbocycles. The molecule has 2 nitrogen and oxygen atoms in total. The number of aryl methyl sites for hydroxylation is 1. The molecule has 0 radical (unpaired) electrons. The van der Waals surface area contributed by atoms with Crippen molar-refractivity contribution in [3.63, 3.8) is 0 Å². The fourth-order valence-electron chi connectivity index (χ4n) is 1.21. The van der Waals surface area contributed by atoms with Gasteiger partial charge in [-0.05, 0) is 18.6 Å². The molecule has 1 atom stereocenters. The fraction of sp³-hybridized carbons (Fsp3) is 0.400. The summed E-state index contributed by atoms with van der Waals surface area (Å²) in [5, 5.41) is 8.42. The highest BCUT2D eigenvalue weighted by Gasteiger charge is 2.38. The van der Waals surface area contributed by atoms with E-state index in [-0.39, 0.29) is 18.0 Å². The van der Waals surface area contributed by atoms with Crippen molar-refractivity contribution in [1.29, 1.82) is 0 Å². The Bertz CT molecular complexity index is 360. The van der Waals surface area contributed by atoms with E-state index in [1.54, 1.807) is 6.92 Å². The van der Waals surface area contributed by atoms with Crippen LogP contribution in [0, 0.1) is 12.7 Å². The minimum absolute atomic E-state index is 0. The lowest BCUT2D eigenvalue weighted by atomic mass is 10.00. The number of halogens is 4. The van der Waals surface area contributed by atoms with Crippen LogP contribution in [0.3, 0.4) is 0 Å². The Labute approximate surface area is 97.7 Å². The van der Waals surface area contributed by atoms with Crippen molar-refractivity contribution in [2.75, 3.05) is 6.61 Å². The van der Waals surface area contributed by atoms with Crippen molar-refractivity contribution in [2.45, 2.75) is 18.9 Å². The standard InChI is InChI=1S/C10H12F3NO.ClH/c1-6-2-3-7(8(11)4-6)9(14)10(12,13)5-15;/h2-4,9,15H,5,14H2,1H3;1H/t9-;/m0./s1. The van der Waals surface area contributed by atoms with E-state index in [1.165, 1.54) is 12.1 Å². The van der Waals surface area contributed by atoms with Crippen molar-refractivity contribution < 1.29 is 18.3 Å². The van der Waals surface area contributed by atoms with Crippen LogP contribution in [-0.2, 0) is 0 Å². The van der Waals surface area contributed by atoms with Gasteiger partial charge in [0, 0.05) is 5.56 Å². The Morgan fingerprint density at radius 2 is 2.00 bits per heavy atom. The second-order valence-electron chi connectivity index (χ2n) is 3.42. The Hall–Kier alpha value is -0.780. The van der Waals surface area contributed by atoms with Gasteiger partial charge in [0.05, 0.1) is 6.04 Å². The summed E-state index contributed by atoms with van der Waals surface area (Å²) in [7, 11) is 0. The van der Waals surface area contributed by atoms with Crippen LogP contribution in [0.5, 0.6) is 0 Å². The SMILES string of the molecule is Cc1ccc([C@H](N)C(F)(F)CO)c(F)c1.Cl. The molecule has 92 valence electrons. The summed E-state index contributed by atoms with van der Waals surface area (Å²) >= 11 is 0. The number of hydrogen-bond donors (Lipinski definition) is 2. The maximum atomic E-state index is 13.3. The summed E-state index contributed by atoms with van der Waals surface area (Å²) in [5.41, 5.74) is 5.51. The minimum Gasteiger partial charge on any atom is -0.390 e. The highest BCUT2D eigenvalue weighted by Crippen LogP contribution is 2.30. The molecule has 0 spiro atoms. The molecule has 0 fully saturated rings. The van der Waals surface area contributed by atoms with Crippen molar-refractivity contribution >= 4 is 12.4 Å². The first-order chi connectivity index (χ1) is 6.88. The molecule has 1 aromatic carbocycles. The molecular formula is C10H13ClF3NO. The predicted octanol–water partition coefficient (Wildman–Crippen LogP) is 2.18. The summed E-state index contributed by atoms with van der Waals surface area (Å²) in [5.74, 6) is -4.30. The topological polar surface area (TPSA) is 46.2 Å². The summed E-state index contributed by atoms with van der Waals surface area (Å²) < 4.78 is 39.2. The third kappa shape index (κ3) is 3.10. The third-order valence-electron chi connectivity index (χ3n) is 2.16. The molecule has 0 amide bonds. The van der Waals surface area contributed by atoms with Gasteiger partial charge in [-0.3, -0.25) is 0 Å². The van der Waals surface area contributed by atoms with Gasteiger partial charge in [-0.25, -0.2) is 13.2 Å². The quantitative estimate of drug-likeness (QED) is 0.870. The number of alkyl halides is 2. The fourth-order valence-corrected chi connectivity index (χ4v) is 1.21. The predicted molar refractivity (Wildman–Crippen MR) is 57.3 cm³/mol. The highest BCUT2D eigenvalue weighted by molar-refractivity contribution is 5.85. The zero-order valence-corrected chi connectivity index (χ0v) is 9.40. The first kappa shape index (κ1) is 15.2. The molecule has 0 aliphatic carbocycles. The van der Waals surface area contributed by atoms with Crippen molar-refractivity contribution in [2.24, 2.45) is 5.73 Å². The number of rotatable bonds is 3. The van der Waals surface area contributed by atoms with Crippen LogP contribution in [0.25, 0.3) is 0 Å². The Morgan fingerprint density at radius 3 is 2.44 bits per heavy atom. The molecule has 0 saturated heterocycles. The van der Waals surface area contributed by atoms with E-state index >= 15 is 0 Å². The van der Waals surface area contributed by atoms with E-state index in [4.69, 9.17) is 10.8 Å². The summed E-state index contributed by atoms with van der Waals surface area (Å²) in [4.78, 5) is 0. The molecule has 3 N–H and O–H groups in total. The van der Waals surface area contributed by atoms with E-state index in [9.17, 15) is 13.2 Å². The second-order valence-corrected chi connectivity index (χ2v) is 3.42. The summed E-state index contributed by atoms with van der Waals surface area (Å²) in [6.07, 6.45) is 0. The number of nitrogens with two attached hydrogens (primary N) is 1. The van der Waals surface area contributed by atoms with Gasteiger partial charge in [0.1, 0.15) is 12.4 Å². The van der Waals surface area contributed by atoms with E-state index in [1.807, 2.05) is 0 Å². The number of aliphatic hydroxyl groups is 1. The van der Waals surface area contributed by atoms with E-state index < -0.39 is 24.4 Å². The van der Waals surface area contributed by atoms with Crippen LogP contribution in [0.15, 0.2) is 18.2 Å². The Kier molecular flexibility index (Phi) is 5.25. The van der Waals surface area contributed by atoms with E-state index in [0.717, 1.165) is 6.07 Å². The lowest BCUT2D eigenvalue weighted by Gasteiger charge is -2.22.